The highest BCUT2D eigenvalue weighted by atomic mass is 16.5. The summed E-state index contributed by atoms with van der Waals surface area (Å²) in [6.45, 7) is 5.12. The third-order valence-corrected chi connectivity index (χ3v) is 2.96. The molecule has 0 N–H and O–H groups in total. The molecule has 90 valence electrons. The van der Waals surface area contributed by atoms with Crippen LogP contribution in [0.2, 0.25) is 0 Å². The zero-order chi connectivity index (χ0) is 11.8. The summed E-state index contributed by atoms with van der Waals surface area (Å²) < 4.78 is 5.10. The van der Waals surface area contributed by atoms with Crippen LogP contribution in [0.25, 0.3) is 0 Å². The average Bonchev–Trinajstić information content (AvgIpc) is 2.28. The highest BCUT2D eigenvalue weighted by Gasteiger charge is 2.08. The van der Waals surface area contributed by atoms with Crippen LogP contribution in [0.3, 0.4) is 0 Å². The lowest BCUT2D eigenvalue weighted by atomic mass is 9.94. The monoisotopic (exact) mass is 222 g/mol. The Bertz CT molecular complexity index is 258. The minimum Gasteiger partial charge on any atom is -0.458 e. The predicted molar refractivity (Wildman–Crippen MR) is 66.2 cm³/mol. The Labute approximate surface area is 98.4 Å². The molecule has 1 saturated carbocycles. The molecule has 16 heavy (non-hydrogen) atoms. The number of carbonyl (C=O) groups is 1. The van der Waals surface area contributed by atoms with Gasteiger partial charge in [0.15, 0.2) is 0 Å². The molecule has 1 fully saturated rings. The summed E-state index contributed by atoms with van der Waals surface area (Å²) in [6.07, 6.45) is 12.3. The lowest BCUT2D eigenvalue weighted by Crippen LogP contribution is -2.12. The topological polar surface area (TPSA) is 26.3 Å². The van der Waals surface area contributed by atoms with Gasteiger partial charge in [-0.15, -0.1) is 0 Å². The number of hydrogen-bond acceptors (Lipinski definition) is 2. The molecular formula is C14H22O2. The molecule has 2 nitrogen and oxygen atoms in total. The molecule has 0 aromatic heterocycles. The van der Waals surface area contributed by atoms with Gasteiger partial charge in [-0.25, -0.2) is 0 Å². The van der Waals surface area contributed by atoms with E-state index in [2.05, 4.69) is 12.7 Å². The maximum absolute atomic E-state index is 10.8. The van der Waals surface area contributed by atoms with E-state index in [4.69, 9.17) is 4.74 Å². The van der Waals surface area contributed by atoms with Crippen molar-refractivity contribution in [3.63, 3.8) is 0 Å². The molecule has 1 unspecified atom stereocenters. The predicted octanol–water partition coefficient (Wildman–Crippen LogP) is 3.77. The summed E-state index contributed by atoms with van der Waals surface area (Å²) in [5.41, 5.74) is 1.58. The van der Waals surface area contributed by atoms with Crippen LogP contribution in [-0.4, -0.2) is 12.1 Å². The summed E-state index contributed by atoms with van der Waals surface area (Å²) in [6, 6.07) is 0. The number of ether oxygens (including phenoxy) is 1. The van der Waals surface area contributed by atoms with E-state index in [-0.39, 0.29) is 12.1 Å². The number of carbonyl (C=O) groups excluding carboxylic acids is 1. The minimum atomic E-state index is -0.227. The average molecular weight is 222 g/mol. The first-order valence-corrected chi connectivity index (χ1v) is 6.20. The van der Waals surface area contributed by atoms with E-state index >= 15 is 0 Å². The quantitative estimate of drug-likeness (QED) is 0.523. The third-order valence-electron chi connectivity index (χ3n) is 2.96. The Morgan fingerprint density at radius 3 is 2.69 bits per heavy atom. The lowest BCUT2D eigenvalue weighted by molar-refractivity contribution is -0.144. The van der Waals surface area contributed by atoms with E-state index in [0.29, 0.717) is 0 Å². The first-order valence-electron chi connectivity index (χ1n) is 6.20. The van der Waals surface area contributed by atoms with Crippen LogP contribution in [0, 0.1) is 0 Å². The third kappa shape index (κ3) is 5.15. The van der Waals surface area contributed by atoms with E-state index < -0.39 is 0 Å². The van der Waals surface area contributed by atoms with Crippen LogP contribution < -0.4 is 0 Å². The molecule has 0 aromatic carbocycles. The molecular weight excluding hydrogens is 200 g/mol. The maximum Gasteiger partial charge on any atom is 0.303 e. The Kier molecular flexibility index (Phi) is 5.91. The van der Waals surface area contributed by atoms with Gasteiger partial charge in [0.05, 0.1) is 0 Å². The second-order valence-electron chi connectivity index (χ2n) is 4.38. The van der Waals surface area contributed by atoms with Crippen LogP contribution >= 0.6 is 0 Å². The Morgan fingerprint density at radius 1 is 1.44 bits per heavy atom. The minimum absolute atomic E-state index is 0.127. The molecule has 0 heterocycles. The van der Waals surface area contributed by atoms with Gasteiger partial charge in [0, 0.05) is 6.92 Å². The number of allylic oxidation sites excluding steroid dienone is 2. The fraction of sp³-hybridized carbons (Fsp3) is 0.643. The molecule has 0 radical (unpaired) electrons. The molecule has 0 aromatic rings. The van der Waals surface area contributed by atoms with Gasteiger partial charge >= 0.3 is 5.97 Å². The summed E-state index contributed by atoms with van der Waals surface area (Å²) in [7, 11) is 0. The number of hydrogen-bond donors (Lipinski definition) is 0. The summed E-state index contributed by atoms with van der Waals surface area (Å²) >= 11 is 0. The summed E-state index contributed by atoms with van der Waals surface area (Å²) in [5.74, 6) is -0.227. The van der Waals surface area contributed by atoms with Gasteiger partial charge in [0.25, 0.3) is 0 Å². The number of esters is 1. The molecule has 1 aliphatic rings. The molecule has 1 rings (SSSR count). The number of rotatable bonds is 5. The molecule has 2 heteroatoms. The summed E-state index contributed by atoms with van der Waals surface area (Å²) in [4.78, 5) is 10.8. The first-order chi connectivity index (χ1) is 7.72. The van der Waals surface area contributed by atoms with Gasteiger partial charge in [-0.1, -0.05) is 30.7 Å². The van der Waals surface area contributed by atoms with Gasteiger partial charge in [0.2, 0.25) is 0 Å². The van der Waals surface area contributed by atoms with Crippen LogP contribution in [0.4, 0.5) is 0 Å². The van der Waals surface area contributed by atoms with E-state index in [9.17, 15) is 4.79 Å². The molecule has 1 atom stereocenters. The fourth-order valence-corrected chi connectivity index (χ4v) is 2.10. The molecule has 0 bridgehead atoms. The van der Waals surface area contributed by atoms with E-state index in [1.54, 1.807) is 11.6 Å². The lowest BCUT2D eigenvalue weighted by Gasteiger charge is -2.15. The highest BCUT2D eigenvalue weighted by molar-refractivity contribution is 5.66. The van der Waals surface area contributed by atoms with Gasteiger partial charge in [-0.2, -0.15) is 0 Å². The SMILES string of the molecule is C=CC(CCC=C1CCCCC1)OC(C)=O. The fourth-order valence-electron chi connectivity index (χ4n) is 2.10. The second-order valence-corrected chi connectivity index (χ2v) is 4.38. The van der Waals surface area contributed by atoms with Gasteiger partial charge < -0.3 is 4.74 Å². The Morgan fingerprint density at radius 2 is 2.12 bits per heavy atom. The van der Waals surface area contributed by atoms with Crippen molar-refractivity contribution in [1.82, 2.24) is 0 Å². The standard InChI is InChI=1S/C14H22O2/c1-3-14(16-12(2)15)11-7-10-13-8-5-4-6-9-13/h3,10,14H,1,4-9,11H2,2H3. The van der Waals surface area contributed by atoms with Crippen LogP contribution in [0.1, 0.15) is 51.9 Å². The molecule has 1 aliphatic carbocycles. The first kappa shape index (κ1) is 13.0. The highest BCUT2D eigenvalue weighted by Crippen LogP contribution is 2.23. The largest absolute Gasteiger partial charge is 0.458 e. The second kappa shape index (κ2) is 7.26. The van der Waals surface area contributed by atoms with E-state index in [1.807, 2.05) is 0 Å². The van der Waals surface area contributed by atoms with Crippen molar-refractivity contribution in [2.24, 2.45) is 0 Å². The van der Waals surface area contributed by atoms with Gasteiger partial charge in [-0.05, 0) is 38.5 Å². The molecule has 0 amide bonds. The molecule has 0 spiro atoms. The van der Waals surface area contributed by atoms with E-state index in [0.717, 1.165) is 12.8 Å². The Hall–Kier alpha value is -1.05. The van der Waals surface area contributed by atoms with E-state index in [1.165, 1.54) is 39.0 Å². The molecule has 0 aliphatic heterocycles. The van der Waals surface area contributed by atoms with Crippen LogP contribution in [0.15, 0.2) is 24.3 Å². The van der Waals surface area contributed by atoms with Crippen molar-refractivity contribution in [2.75, 3.05) is 0 Å². The van der Waals surface area contributed by atoms with Crippen molar-refractivity contribution in [1.29, 1.82) is 0 Å². The zero-order valence-corrected chi connectivity index (χ0v) is 10.2. The van der Waals surface area contributed by atoms with Crippen molar-refractivity contribution < 1.29 is 9.53 Å². The van der Waals surface area contributed by atoms with Gasteiger partial charge in [0.1, 0.15) is 6.10 Å². The zero-order valence-electron chi connectivity index (χ0n) is 10.2. The van der Waals surface area contributed by atoms with Crippen LogP contribution in [0.5, 0.6) is 0 Å². The van der Waals surface area contributed by atoms with Crippen molar-refractivity contribution in [3.8, 4) is 0 Å². The maximum atomic E-state index is 10.8. The van der Waals surface area contributed by atoms with Gasteiger partial charge in [-0.3, -0.25) is 4.79 Å². The smallest absolute Gasteiger partial charge is 0.303 e. The van der Waals surface area contributed by atoms with Crippen molar-refractivity contribution >= 4 is 5.97 Å². The van der Waals surface area contributed by atoms with Crippen molar-refractivity contribution in [3.05, 3.63) is 24.3 Å². The van der Waals surface area contributed by atoms with Crippen molar-refractivity contribution in [2.45, 2.75) is 58.0 Å². The Balaban J connectivity index is 2.26. The van der Waals surface area contributed by atoms with Crippen LogP contribution in [-0.2, 0) is 9.53 Å². The summed E-state index contributed by atoms with van der Waals surface area (Å²) in [5, 5.41) is 0. The normalized spacial score (nSPS) is 17.7. The molecule has 0 saturated heterocycles.